The van der Waals surface area contributed by atoms with Crippen molar-refractivity contribution < 1.29 is 18.8 Å². The lowest BCUT2D eigenvalue weighted by atomic mass is 9.98. The normalized spacial score (nSPS) is 17.4. The number of nitrogens with zero attached hydrogens (tertiary/aromatic N) is 3. The van der Waals surface area contributed by atoms with Crippen LogP contribution in [-0.2, 0) is 16.1 Å². The molecule has 2 heterocycles. The third-order valence-corrected chi connectivity index (χ3v) is 5.74. The first-order valence-corrected chi connectivity index (χ1v) is 10.1. The van der Waals surface area contributed by atoms with E-state index < -0.39 is 17.4 Å². The first-order valence-electron chi connectivity index (χ1n) is 10.1. The molecule has 0 unspecified atom stereocenters. The third-order valence-electron chi connectivity index (χ3n) is 5.74. The SMILES string of the molecule is O=C1NC2(CCCC2)C(=O)N1CCC(=O)N(Cc1ccccn1)c1ccc(F)cc1. The van der Waals surface area contributed by atoms with Gasteiger partial charge in [-0.05, 0) is 49.2 Å². The van der Waals surface area contributed by atoms with Crippen molar-refractivity contribution in [2.45, 2.75) is 44.2 Å². The van der Waals surface area contributed by atoms with E-state index in [2.05, 4.69) is 10.3 Å². The summed E-state index contributed by atoms with van der Waals surface area (Å²) in [4.78, 5) is 45.1. The van der Waals surface area contributed by atoms with Gasteiger partial charge in [0.1, 0.15) is 11.4 Å². The number of anilines is 1. The first-order chi connectivity index (χ1) is 14.5. The minimum atomic E-state index is -0.787. The summed E-state index contributed by atoms with van der Waals surface area (Å²) in [6, 6.07) is 10.6. The van der Waals surface area contributed by atoms with Crippen LogP contribution in [0.4, 0.5) is 14.9 Å². The van der Waals surface area contributed by atoms with Gasteiger partial charge in [-0.15, -0.1) is 0 Å². The molecule has 0 bridgehead atoms. The summed E-state index contributed by atoms with van der Waals surface area (Å²) in [7, 11) is 0. The molecule has 2 fully saturated rings. The Morgan fingerprint density at radius 3 is 2.53 bits per heavy atom. The number of amides is 4. The van der Waals surface area contributed by atoms with E-state index in [1.165, 1.54) is 29.2 Å². The number of imide groups is 1. The fourth-order valence-electron chi connectivity index (χ4n) is 4.14. The molecule has 1 aromatic carbocycles. The predicted molar refractivity (Wildman–Crippen MR) is 108 cm³/mol. The summed E-state index contributed by atoms with van der Waals surface area (Å²) < 4.78 is 13.4. The minimum Gasteiger partial charge on any atom is -0.323 e. The molecule has 0 radical (unpaired) electrons. The number of carbonyl (C=O) groups excluding carboxylic acids is 3. The van der Waals surface area contributed by atoms with Crippen LogP contribution in [0.2, 0.25) is 0 Å². The first kappa shape index (κ1) is 20.0. The monoisotopic (exact) mass is 410 g/mol. The second-order valence-corrected chi connectivity index (χ2v) is 7.70. The van der Waals surface area contributed by atoms with Crippen LogP contribution in [0.15, 0.2) is 48.7 Å². The van der Waals surface area contributed by atoms with Crippen LogP contribution in [-0.4, -0.2) is 39.8 Å². The number of hydrogen-bond acceptors (Lipinski definition) is 4. The summed E-state index contributed by atoms with van der Waals surface area (Å²) in [5, 5.41) is 2.82. The fraction of sp³-hybridized carbons (Fsp3) is 0.364. The summed E-state index contributed by atoms with van der Waals surface area (Å²) in [6.07, 6.45) is 4.70. The van der Waals surface area contributed by atoms with Crippen molar-refractivity contribution in [1.82, 2.24) is 15.2 Å². The Morgan fingerprint density at radius 1 is 1.13 bits per heavy atom. The minimum absolute atomic E-state index is 0.00512. The van der Waals surface area contributed by atoms with Crippen molar-refractivity contribution in [2.75, 3.05) is 11.4 Å². The molecule has 1 N–H and O–H groups in total. The second-order valence-electron chi connectivity index (χ2n) is 7.70. The highest BCUT2D eigenvalue weighted by atomic mass is 19.1. The molecule has 1 saturated heterocycles. The molecular weight excluding hydrogens is 387 g/mol. The van der Waals surface area contributed by atoms with E-state index >= 15 is 0 Å². The van der Waals surface area contributed by atoms with Gasteiger partial charge < -0.3 is 10.2 Å². The van der Waals surface area contributed by atoms with Crippen molar-refractivity contribution in [1.29, 1.82) is 0 Å². The number of rotatable bonds is 6. The summed E-state index contributed by atoms with van der Waals surface area (Å²) in [5.74, 6) is -0.915. The van der Waals surface area contributed by atoms with Gasteiger partial charge in [-0.3, -0.25) is 19.5 Å². The van der Waals surface area contributed by atoms with Crippen LogP contribution < -0.4 is 10.2 Å². The van der Waals surface area contributed by atoms with Gasteiger partial charge in [0.15, 0.2) is 0 Å². The standard InChI is InChI=1S/C22H23FN4O3/c23-16-6-8-18(9-7-16)27(15-17-5-1-4-13-24-17)19(28)10-14-26-20(29)22(25-21(26)30)11-2-3-12-22/h1,4-9,13H,2-3,10-12,14-15H2,(H,25,30). The lowest BCUT2D eigenvalue weighted by Crippen LogP contribution is -2.44. The van der Waals surface area contributed by atoms with E-state index in [4.69, 9.17) is 0 Å². The van der Waals surface area contributed by atoms with Crippen LogP contribution in [0.5, 0.6) is 0 Å². The molecule has 7 nitrogen and oxygen atoms in total. The molecule has 4 rings (SSSR count). The molecule has 8 heteroatoms. The fourth-order valence-corrected chi connectivity index (χ4v) is 4.14. The van der Waals surface area contributed by atoms with Crippen molar-refractivity contribution in [3.63, 3.8) is 0 Å². The number of pyridine rings is 1. The van der Waals surface area contributed by atoms with E-state index in [0.29, 0.717) is 24.2 Å². The van der Waals surface area contributed by atoms with Crippen molar-refractivity contribution in [3.8, 4) is 0 Å². The van der Waals surface area contributed by atoms with E-state index in [0.717, 1.165) is 17.7 Å². The van der Waals surface area contributed by atoms with Crippen LogP contribution in [0.3, 0.4) is 0 Å². The smallest absolute Gasteiger partial charge is 0.323 e. The van der Waals surface area contributed by atoms with Gasteiger partial charge in [0.05, 0.1) is 12.2 Å². The maximum Gasteiger partial charge on any atom is 0.325 e. The van der Waals surface area contributed by atoms with Crippen LogP contribution in [0.1, 0.15) is 37.8 Å². The Morgan fingerprint density at radius 2 is 1.87 bits per heavy atom. The van der Waals surface area contributed by atoms with Gasteiger partial charge in [0.2, 0.25) is 5.91 Å². The van der Waals surface area contributed by atoms with Gasteiger partial charge in [0, 0.05) is 24.8 Å². The van der Waals surface area contributed by atoms with Crippen LogP contribution in [0, 0.1) is 5.82 Å². The molecule has 2 aliphatic rings. The van der Waals surface area contributed by atoms with Crippen molar-refractivity contribution >= 4 is 23.5 Å². The molecule has 1 aliphatic heterocycles. The zero-order valence-corrected chi connectivity index (χ0v) is 16.5. The molecule has 2 aromatic rings. The number of halogens is 1. The number of carbonyl (C=O) groups is 3. The van der Waals surface area contributed by atoms with Crippen molar-refractivity contribution in [2.24, 2.45) is 0 Å². The quantitative estimate of drug-likeness (QED) is 0.742. The highest BCUT2D eigenvalue weighted by Gasteiger charge is 2.52. The van der Waals surface area contributed by atoms with Gasteiger partial charge in [0.25, 0.3) is 5.91 Å². The maximum absolute atomic E-state index is 13.4. The molecular formula is C22H23FN4O3. The summed E-state index contributed by atoms with van der Waals surface area (Å²) in [5.41, 5.74) is 0.414. The molecule has 1 aliphatic carbocycles. The average Bonchev–Trinajstić information content (AvgIpc) is 3.31. The number of benzene rings is 1. The lowest BCUT2D eigenvalue weighted by molar-refractivity contribution is -0.131. The molecule has 1 aromatic heterocycles. The van der Waals surface area contributed by atoms with E-state index in [1.54, 1.807) is 18.3 Å². The van der Waals surface area contributed by atoms with Crippen molar-refractivity contribution in [3.05, 3.63) is 60.2 Å². The molecule has 0 atom stereocenters. The van der Waals surface area contributed by atoms with Gasteiger partial charge >= 0.3 is 6.03 Å². The van der Waals surface area contributed by atoms with Gasteiger partial charge in [-0.25, -0.2) is 9.18 Å². The average molecular weight is 410 g/mol. The molecule has 30 heavy (non-hydrogen) atoms. The topological polar surface area (TPSA) is 82.6 Å². The van der Waals surface area contributed by atoms with Gasteiger partial charge in [-0.1, -0.05) is 18.9 Å². The van der Waals surface area contributed by atoms with Crippen LogP contribution in [0.25, 0.3) is 0 Å². The number of nitrogens with one attached hydrogen (secondary N) is 1. The lowest BCUT2D eigenvalue weighted by Gasteiger charge is -2.24. The highest BCUT2D eigenvalue weighted by molar-refractivity contribution is 6.07. The van der Waals surface area contributed by atoms with Crippen LogP contribution >= 0.6 is 0 Å². The van der Waals surface area contributed by atoms with E-state index in [-0.39, 0.29) is 31.3 Å². The van der Waals surface area contributed by atoms with E-state index in [9.17, 15) is 18.8 Å². The third kappa shape index (κ3) is 3.90. The number of aromatic nitrogens is 1. The molecule has 1 saturated carbocycles. The zero-order chi connectivity index (χ0) is 21.1. The van der Waals surface area contributed by atoms with Gasteiger partial charge in [-0.2, -0.15) is 0 Å². The summed E-state index contributed by atoms with van der Waals surface area (Å²) in [6.45, 7) is 0.209. The Bertz CT molecular complexity index is 943. The predicted octanol–water partition coefficient (Wildman–Crippen LogP) is 3.01. The molecule has 156 valence electrons. The molecule has 4 amide bonds. The number of urea groups is 1. The Labute approximate surface area is 173 Å². The van der Waals surface area contributed by atoms with E-state index in [1.807, 2.05) is 6.07 Å². The second kappa shape index (κ2) is 8.22. The Kier molecular flexibility index (Phi) is 5.48. The summed E-state index contributed by atoms with van der Waals surface area (Å²) >= 11 is 0. The highest BCUT2D eigenvalue weighted by Crippen LogP contribution is 2.35. The number of hydrogen-bond donors (Lipinski definition) is 1. The largest absolute Gasteiger partial charge is 0.325 e. The maximum atomic E-state index is 13.4. The Hall–Kier alpha value is -3.29. The molecule has 1 spiro atoms. The Balaban J connectivity index is 1.48. The zero-order valence-electron chi connectivity index (χ0n) is 16.5.